The van der Waals surface area contributed by atoms with Gasteiger partial charge in [0, 0.05) is 13.7 Å². The molecule has 4 aliphatic rings. The summed E-state index contributed by atoms with van der Waals surface area (Å²) in [4.78, 5) is 0. The maximum absolute atomic E-state index is 5.55. The number of hydrogen-bond acceptors (Lipinski definition) is 1. The second kappa shape index (κ2) is 5.51. The Morgan fingerprint density at radius 3 is 2.86 bits per heavy atom. The van der Waals surface area contributed by atoms with Crippen molar-refractivity contribution in [2.45, 2.75) is 58.8 Å². The van der Waals surface area contributed by atoms with Crippen LogP contribution in [0.15, 0.2) is 23.3 Å². The number of fused-ring (bicyclic) bond motifs is 5. The first-order valence-electron chi connectivity index (χ1n) is 9.49. The lowest BCUT2D eigenvalue weighted by atomic mass is 9.52. The number of hydrogen-bond donors (Lipinski definition) is 0. The second-order valence-electron chi connectivity index (χ2n) is 8.78. The molecule has 0 aromatic carbocycles. The van der Waals surface area contributed by atoms with E-state index in [2.05, 4.69) is 26.0 Å². The molecule has 22 heavy (non-hydrogen) atoms. The molecule has 4 aliphatic carbocycles. The quantitative estimate of drug-likeness (QED) is 0.665. The van der Waals surface area contributed by atoms with Gasteiger partial charge < -0.3 is 4.74 Å². The number of methoxy groups -OCH3 is 1. The van der Waals surface area contributed by atoms with Crippen LogP contribution in [0, 0.1) is 35.0 Å². The van der Waals surface area contributed by atoms with Crippen LogP contribution in [0.25, 0.3) is 0 Å². The fourth-order valence-electron chi connectivity index (χ4n) is 6.70. The average molecular weight is 300 g/mol. The topological polar surface area (TPSA) is 9.23 Å². The third-order valence-corrected chi connectivity index (χ3v) is 7.89. The largest absolute Gasteiger partial charge is 0.384 e. The highest BCUT2D eigenvalue weighted by Gasteiger charge is 2.55. The van der Waals surface area contributed by atoms with Crippen molar-refractivity contribution in [2.75, 3.05) is 13.7 Å². The molecule has 2 saturated carbocycles. The summed E-state index contributed by atoms with van der Waals surface area (Å²) in [6.45, 7) is 5.89. The van der Waals surface area contributed by atoms with Crippen LogP contribution in [0.3, 0.4) is 0 Å². The zero-order valence-corrected chi connectivity index (χ0v) is 14.6. The molecule has 1 nitrogen and oxygen atoms in total. The molecule has 4 rings (SSSR count). The van der Waals surface area contributed by atoms with Crippen molar-refractivity contribution in [3.8, 4) is 0 Å². The van der Waals surface area contributed by atoms with Gasteiger partial charge in [0.15, 0.2) is 0 Å². The summed E-state index contributed by atoms with van der Waals surface area (Å²) in [6, 6.07) is 0. The molecule has 122 valence electrons. The molecular weight excluding hydrogens is 268 g/mol. The van der Waals surface area contributed by atoms with E-state index in [1.165, 1.54) is 44.9 Å². The highest BCUT2D eigenvalue weighted by molar-refractivity contribution is 5.32. The third-order valence-electron chi connectivity index (χ3n) is 7.89. The molecule has 0 aromatic rings. The summed E-state index contributed by atoms with van der Waals surface area (Å²) in [6.07, 6.45) is 15.0. The van der Waals surface area contributed by atoms with Gasteiger partial charge in [-0.15, -0.1) is 0 Å². The summed E-state index contributed by atoms with van der Waals surface area (Å²) in [7, 11) is 1.88. The minimum atomic E-state index is 0.558. The molecule has 1 heteroatoms. The van der Waals surface area contributed by atoms with Gasteiger partial charge in [-0.2, -0.15) is 0 Å². The van der Waals surface area contributed by atoms with E-state index < -0.39 is 0 Å². The molecule has 0 aromatic heterocycles. The number of rotatable bonds is 2. The fraction of sp³-hybridized carbons (Fsp3) is 0.810. The van der Waals surface area contributed by atoms with E-state index in [0.29, 0.717) is 5.41 Å². The van der Waals surface area contributed by atoms with Gasteiger partial charge >= 0.3 is 0 Å². The van der Waals surface area contributed by atoms with Gasteiger partial charge in [-0.25, -0.2) is 0 Å². The van der Waals surface area contributed by atoms with Crippen molar-refractivity contribution in [1.82, 2.24) is 0 Å². The van der Waals surface area contributed by atoms with E-state index in [1.54, 1.807) is 11.1 Å². The summed E-state index contributed by atoms with van der Waals surface area (Å²) in [5.41, 5.74) is 3.85. The third kappa shape index (κ3) is 2.15. The standard InChI is InChI=1S/C21H32O/c1-14-4-7-17-15(12-14)5-8-19-18(17)10-11-21(2)16(13-22-3)6-9-20(19)21/h5,12,16-20H,4,6-11,13H2,1-3H3. The molecule has 0 N–H and O–H groups in total. The lowest BCUT2D eigenvalue weighted by molar-refractivity contribution is -0.0267. The van der Waals surface area contributed by atoms with E-state index in [4.69, 9.17) is 4.74 Å². The van der Waals surface area contributed by atoms with E-state index in [0.717, 1.165) is 36.2 Å². The molecule has 6 atom stereocenters. The lowest BCUT2D eigenvalue weighted by Crippen LogP contribution is -2.46. The van der Waals surface area contributed by atoms with Crippen LogP contribution in [0.4, 0.5) is 0 Å². The van der Waals surface area contributed by atoms with Crippen molar-refractivity contribution in [1.29, 1.82) is 0 Å². The molecule has 2 fully saturated rings. The first-order chi connectivity index (χ1) is 10.6. The summed E-state index contributed by atoms with van der Waals surface area (Å²) in [5, 5.41) is 0. The van der Waals surface area contributed by atoms with E-state index in [9.17, 15) is 0 Å². The number of ether oxygens (including phenoxy) is 1. The maximum atomic E-state index is 5.55. The Morgan fingerprint density at radius 1 is 1.18 bits per heavy atom. The van der Waals surface area contributed by atoms with Gasteiger partial charge in [0.25, 0.3) is 0 Å². The van der Waals surface area contributed by atoms with Gasteiger partial charge in [0.05, 0.1) is 0 Å². The Morgan fingerprint density at radius 2 is 2.05 bits per heavy atom. The molecule has 0 saturated heterocycles. The van der Waals surface area contributed by atoms with Gasteiger partial charge in [-0.1, -0.05) is 24.6 Å². The van der Waals surface area contributed by atoms with Crippen molar-refractivity contribution in [3.05, 3.63) is 23.3 Å². The van der Waals surface area contributed by atoms with Crippen LogP contribution in [0.2, 0.25) is 0 Å². The van der Waals surface area contributed by atoms with Crippen LogP contribution >= 0.6 is 0 Å². The molecule has 0 heterocycles. The predicted molar refractivity (Wildman–Crippen MR) is 91.6 cm³/mol. The Balaban J connectivity index is 1.60. The Kier molecular flexibility index (Phi) is 3.76. The molecule has 0 aliphatic heterocycles. The second-order valence-corrected chi connectivity index (χ2v) is 8.78. The zero-order chi connectivity index (χ0) is 15.3. The maximum Gasteiger partial charge on any atom is 0.0495 e. The normalized spacial score (nSPS) is 47.1. The molecule has 0 radical (unpaired) electrons. The molecule has 0 spiro atoms. The summed E-state index contributed by atoms with van der Waals surface area (Å²) >= 11 is 0. The Labute approximate surface area is 136 Å². The zero-order valence-electron chi connectivity index (χ0n) is 14.6. The first kappa shape index (κ1) is 15.0. The van der Waals surface area contributed by atoms with E-state index >= 15 is 0 Å². The fourth-order valence-corrected chi connectivity index (χ4v) is 6.70. The van der Waals surface area contributed by atoms with Crippen LogP contribution in [0.1, 0.15) is 58.8 Å². The van der Waals surface area contributed by atoms with Crippen LogP contribution in [-0.4, -0.2) is 13.7 Å². The van der Waals surface area contributed by atoms with Crippen LogP contribution in [0.5, 0.6) is 0 Å². The molecular formula is C21H32O. The van der Waals surface area contributed by atoms with E-state index in [1.807, 2.05) is 7.11 Å². The first-order valence-corrected chi connectivity index (χ1v) is 9.49. The van der Waals surface area contributed by atoms with Crippen molar-refractivity contribution in [2.24, 2.45) is 35.0 Å². The summed E-state index contributed by atoms with van der Waals surface area (Å²) in [5.74, 6) is 4.58. The SMILES string of the molecule is COCC1CCC2C3CC=C4C=C(C)CCC4C3CCC12C. The summed E-state index contributed by atoms with van der Waals surface area (Å²) < 4.78 is 5.55. The van der Waals surface area contributed by atoms with Gasteiger partial charge in [0.2, 0.25) is 0 Å². The molecule has 0 bridgehead atoms. The minimum Gasteiger partial charge on any atom is -0.384 e. The Hall–Kier alpha value is -0.560. The van der Waals surface area contributed by atoms with Gasteiger partial charge in [-0.05, 0) is 92.4 Å². The highest BCUT2D eigenvalue weighted by atomic mass is 16.5. The average Bonchev–Trinajstić information content (AvgIpc) is 2.84. The monoisotopic (exact) mass is 300 g/mol. The minimum absolute atomic E-state index is 0.558. The van der Waals surface area contributed by atoms with Crippen molar-refractivity contribution in [3.63, 3.8) is 0 Å². The molecule has 6 unspecified atom stereocenters. The van der Waals surface area contributed by atoms with Crippen molar-refractivity contribution < 1.29 is 4.74 Å². The molecule has 0 amide bonds. The van der Waals surface area contributed by atoms with E-state index in [-0.39, 0.29) is 0 Å². The van der Waals surface area contributed by atoms with Crippen LogP contribution in [-0.2, 0) is 4.74 Å². The van der Waals surface area contributed by atoms with Gasteiger partial charge in [0.1, 0.15) is 0 Å². The smallest absolute Gasteiger partial charge is 0.0495 e. The lowest BCUT2D eigenvalue weighted by Gasteiger charge is -2.53. The van der Waals surface area contributed by atoms with Crippen molar-refractivity contribution >= 4 is 0 Å². The number of allylic oxidation sites excluding steroid dienone is 4. The van der Waals surface area contributed by atoms with Gasteiger partial charge in [-0.3, -0.25) is 0 Å². The highest BCUT2D eigenvalue weighted by Crippen LogP contribution is 2.63. The predicted octanol–water partition coefficient (Wildman–Crippen LogP) is 5.38. The Bertz CT molecular complexity index is 502. The van der Waals surface area contributed by atoms with Crippen LogP contribution < -0.4 is 0 Å².